The van der Waals surface area contributed by atoms with Crippen LogP contribution in [0.15, 0.2) is 40.2 Å². The number of nitro groups is 1. The standard InChI is InChI=1S/C14H14BrNO3S/c15-12-5-3-10(4-6-12)13(17)8-11(9-16(18)19)14-2-1-7-20-14/h1-3,5-7,10-11H,4,8-9H2. The highest BCUT2D eigenvalue weighted by Crippen LogP contribution is 2.29. The van der Waals surface area contributed by atoms with Crippen molar-refractivity contribution in [3.8, 4) is 0 Å². The lowest BCUT2D eigenvalue weighted by Crippen LogP contribution is -2.20. The lowest BCUT2D eigenvalue weighted by atomic mass is 9.89. The first kappa shape index (κ1) is 15.1. The number of carbonyl (C=O) groups excluding carboxylic acids is 1. The summed E-state index contributed by atoms with van der Waals surface area (Å²) < 4.78 is 0.974. The fourth-order valence-corrected chi connectivity index (χ4v) is 3.35. The van der Waals surface area contributed by atoms with E-state index in [0.29, 0.717) is 6.42 Å². The molecule has 1 aromatic heterocycles. The van der Waals surface area contributed by atoms with Gasteiger partial charge in [0.25, 0.3) is 0 Å². The topological polar surface area (TPSA) is 60.2 Å². The minimum absolute atomic E-state index is 0.0674. The predicted octanol–water partition coefficient (Wildman–Crippen LogP) is 3.92. The van der Waals surface area contributed by atoms with Gasteiger partial charge in [0, 0.05) is 26.6 Å². The van der Waals surface area contributed by atoms with Crippen molar-refractivity contribution >= 4 is 33.0 Å². The van der Waals surface area contributed by atoms with Crippen LogP contribution in [0.1, 0.15) is 23.6 Å². The summed E-state index contributed by atoms with van der Waals surface area (Å²) in [6, 6.07) is 3.72. The summed E-state index contributed by atoms with van der Waals surface area (Å²) in [4.78, 5) is 23.6. The van der Waals surface area contributed by atoms with Crippen LogP contribution in [0.3, 0.4) is 0 Å². The molecule has 2 atom stereocenters. The molecule has 4 nitrogen and oxygen atoms in total. The van der Waals surface area contributed by atoms with Crippen LogP contribution in [0.25, 0.3) is 0 Å². The van der Waals surface area contributed by atoms with Crippen LogP contribution in [0.5, 0.6) is 0 Å². The van der Waals surface area contributed by atoms with Gasteiger partial charge in [-0.3, -0.25) is 14.9 Å². The summed E-state index contributed by atoms with van der Waals surface area (Å²) in [7, 11) is 0. The molecule has 0 fully saturated rings. The third-order valence-corrected chi connectivity index (χ3v) is 4.85. The van der Waals surface area contributed by atoms with Crippen LogP contribution in [0.2, 0.25) is 0 Å². The van der Waals surface area contributed by atoms with Crippen LogP contribution < -0.4 is 0 Å². The molecule has 0 radical (unpaired) electrons. The average molecular weight is 356 g/mol. The van der Waals surface area contributed by atoms with Crippen molar-refractivity contribution in [3.63, 3.8) is 0 Å². The Morgan fingerprint density at radius 1 is 1.60 bits per heavy atom. The van der Waals surface area contributed by atoms with Gasteiger partial charge in [-0.15, -0.1) is 11.3 Å². The average Bonchev–Trinajstić information content (AvgIpc) is 2.92. The summed E-state index contributed by atoms with van der Waals surface area (Å²) in [6.45, 7) is -0.192. The second-order valence-corrected chi connectivity index (χ2v) is 6.58. The van der Waals surface area contributed by atoms with Gasteiger partial charge in [-0.05, 0) is 17.9 Å². The van der Waals surface area contributed by atoms with Crippen LogP contribution in [0, 0.1) is 16.0 Å². The lowest BCUT2D eigenvalue weighted by Gasteiger charge is -2.16. The molecule has 0 saturated carbocycles. The highest BCUT2D eigenvalue weighted by Gasteiger charge is 2.26. The summed E-state index contributed by atoms with van der Waals surface area (Å²) in [6.07, 6.45) is 6.56. The number of nitrogens with zero attached hydrogens (tertiary/aromatic N) is 1. The molecule has 0 spiro atoms. The van der Waals surface area contributed by atoms with Gasteiger partial charge >= 0.3 is 0 Å². The Bertz CT molecular complexity index is 551. The highest BCUT2D eigenvalue weighted by molar-refractivity contribution is 9.11. The smallest absolute Gasteiger partial charge is 0.211 e. The first-order valence-electron chi connectivity index (χ1n) is 6.28. The third kappa shape index (κ3) is 4.11. The molecule has 0 bridgehead atoms. The van der Waals surface area contributed by atoms with Crippen LogP contribution in [-0.4, -0.2) is 17.3 Å². The maximum atomic E-state index is 12.3. The second kappa shape index (κ2) is 6.95. The second-order valence-electron chi connectivity index (χ2n) is 4.69. The molecular formula is C14H14BrNO3S. The van der Waals surface area contributed by atoms with Gasteiger partial charge in [0.1, 0.15) is 5.78 Å². The van der Waals surface area contributed by atoms with E-state index in [-0.39, 0.29) is 35.5 Å². The Morgan fingerprint density at radius 3 is 2.95 bits per heavy atom. The zero-order valence-corrected chi connectivity index (χ0v) is 13.1. The van der Waals surface area contributed by atoms with Crippen molar-refractivity contribution in [1.82, 2.24) is 0 Å². The minimum atomic E-state index is -0.342. The normalized spacial score (nSPS) is 19.4. The molecule has 0 saturated heterocycles. The third-order valence-electron chi connectivity index (χ3n) is 3.23. The predicted molar refractivity (Wildman–Crippen MR) is 82.8 cm³/mol. The Morgan fingerprint density at radius 2 is 2.40 bits per heavy atom. The number of hydrogen-bond acceptors (Lipinski definition) is 4. The molecule has 6 heteroatoms. The van der Waals surface area contributed by atoms with Gasteiger partial charge < -0.3 is 0 Å². The van der Waals surface area contributed by atoms with E-state index in [4.69, 9.17) is 0 Å². The van der Waals surface area contributed by atoms with E-state index < -0.39 is 0 Å². The number of hydrogen-bond donors (Lipinski definition) is 0. The van der Waals surface area contributed by atoms with Crippen molar-refractivity contribution < 1.29 is 9.72 Å². The molecule has 20 heavy (non-hydrogen) atoms. The summed E-state index contributed by atoms with van der Waals surface area (Å²) >= 11 is 4.82. The number of thiophene rings is 1. The van der Waals surface area contributed by atoms with Crippen LogP contribution >= 0.6 is 27.3 Å². The fraction of sp³-hybridized carbons (Fsp3) is 0.357. The zero-order valence-electron chi connectivity index (χ0n) is 10.7. The molecule has 1 aromatic rings. The molecule has 1 heterocycles. The van der Waals surface area contributed by atoms with Crippen molar-refractivity contribution in [1.29, 1.82) is 0 Å². The molecule has 106 valence electrons. The van der Waals surface area contributed by atoms with Gasteiger partial charge in [-0.2, -0.15) is 0 Å². The van der Waals surface area contributed by atoms with Crippen LogP contribution in [0.4, 0.5) is 0 Å². The molecule has 0 aromatic carbocycles. The molecule has 2 rings (SSSR count). The lowest BCUT2D eigenvalue weighted by molar-refractivity contribution is -0.483. The summed E-state index contributed by atoms with van der Waals surface area (Å²) in [5, 5.41) is 12.7. The van der Waals surface area contributed by atoms with Gasteiger partial charge in [0.15, 0.2) is 0 Å². The molecular weight excluding hydrogens is 342 g/mol. The fourth-order valence-electron chi connectivity index (χ4n) is 2.19. The van der Waals surface area contributed by atoms with E-state index in [0.717, 1.165) is 9.36 Å². The number of rotatable bonds is 6. The quantitative estimate of drug-likeness (QED) is 0.573. The molecule has 0 N–H and O–H groups in total. The number of ketones is 1. The maximum Gasteiger partial charge on any atom is 0.211 e. The molecule has 1 aliphatic rings. The van der Waals surface area contributed by atoms with Crippen LogP contribution in [-0.2, 0) is 4.79 Å². The van der Waals surface area contributed by atoms with Crippen molar-refractivity contribution in [2.45, 2.75) is 18.8 Å². The zero-order chi connectivity index (χ0) is 14.5. The maximum absolute atomic E-state index is 12.3. The Balaban J connectivity index is 2.03. The van der Waals surface area contributed by atoms with Gasteiger partial charge in [0.05, 0.1) is 5.92 Å². The van der Waals surface area contributed by atoms with E-state index in [1.54, 1.807) is 0 Å². The van der Waals surface area contributed by atoms with E-state index >= 15 is 0 Å². The van der Waals surface area contributed by atoms with E-state index in [9.17, 15) is 14.9 Å². The minimum Gasteiger partial charge on any atom is -0.299 e. The molecule has 2 unspecified atom stereocenters. The Hall–Kier alpha value is -1.27. The largest absolute Gasteiger partial charge is 0.299 e. The molecule has 0 amide bonds. The number of carbonyl (C=O) groups is 1. The number of halogens is 1. The van der Waals surface area contributed by atoms with Crippen molar-refractivity contribution in [2.75, 3.05) is 6.54 Å². The van der Waals surface area contributed by atoms with Crippen molar-refractivity contribution in [3.05, 3.63) is 55.2 Å². The number of Topliss-reactive ketones (excluding diaryl/α,β-unsaturated/α-hetero) is 1. The first-order chi connectivity index (χ1) is 9.56. The van der Waals surface area contributed by atoms with Gasteiger partial charge in [0.2, 0.25) is 6.54 Å². The highest BCUT2D eigenvalue weighted by atomic mass is 79.9. The summed E-state index contributed by atoms with van der Waals surface area (Å²) in [5.74, 6) is -0.413. The summed E-state index contributed by atoms with van der Waals surface area (Å²) in [5.41, 5.74) is 0. The Labute approximate surface area is 129 Å². The van der Waals surface area contributed by atoms with Gasteiger partial charge in [-0.25, -0.2) is 0 Å². The monoisotopic (exact) mass is 355 g/mol. The van der Waals surface area contributed by atoms with E-state index in [1.807, 2.05) is 35.7 Å². The molecule has 1 aliphatic carbocycles. The Kier molecular flexibility index (Phi) is 5.25. The number of allylic oxidation sites excluding steroid dienone is 4. The van der Waals surface area contributed by atoms with E-state index in [1.165, 1.54) is 11.3 Å². The van der Waals surface area contributed by atoms with E-state index in [2.05, 4.69) is 15.9 Å². The molecule has 0 aliphatic heterocycles. The first-order valence-corrected chi connectivity index (χ1v) is 7.95. The van der Waals surface area contributed by atoms with Crippen molar-refractivity contribution in [2.24, 2.45) is 5.92 Å². The SMILES string of the molecule is O=C(CC(C[N+](=O)[O-])c1cccs1)C1C=CC(Br)=CC1. The van der Waals surface area contributed by atoms with Gasteiger partial charge in [-0.1, -0.05) is 40.2 Å².